The van der Waals surface area contributed by atoms with Crippen LogP contribution in [0.1, 0.15) is 23.2 Å². The lowest BCUT2D eigenvalue weighted by Gasteiger charge is -2.13. The Balaban J connectivity index is 1.77. The van der Waals surface area contributed by atoms with Gasteiger partial charge in [0, 0.05) is 3.57 Å². The Kier molecular flexibility index (Phi) is 5.57. The molecule has 1 saturated carbocycles. The molecule has 1 aliphatic rings. The van der Waals surface area contributed by atoms with Gasteiger partial charge < -0.3 is 5.32 Å². The highest BCUT2D eigenvalue weighted by Crippen LogP contribution is 2.30. The number of amides is 1. The van der Waals surface area contributed by atoms with Gasteiger partial charge in [-0.2, -0.15) is 0 Å². The molecule has 0 saturated heterocycles. The van der Waals surface area contributed by atoms with Crippen LogP contribution < -0.4 is 10.8 Å². The van der Waals surface area contributed by atoms with Crippen molar-refractivity contribution in [2.45, 2.75) is 12.8 Å². The van der Waals surface area contributed by atoms with Gasteiger partial charge in [-0.3, -0.25) is 9.63 Å². The van der Waals surface area contributed by atoms with Crippen molar-refractivity contribution in [1.82, 2.24) is 5.48 Å². The second-order valence-electron chi connectivity index (χ2n) is 5.62. The van der Waals surface area contributed by atoms with Crippen molar-refractivity contribution in [2.75, 3.05) is 11.9 Å². The van der Waals surface area contributed by atoms with Crippen LogP contribution in [0.5, 0.6) is 0 Å². The molecule has 1 aliphatic carbocycles. The van der Waals surface area contributed by atoms with Crippen LogP contribution in [0.2, 0.25) is 5.02 Å². The Bertz CT molecular complexity index is 768. The third-order valence-corrected chi connectivity index (χ3v) is 4.59. The van der Waals surface area contributed by atoms with Crippen LogP contribution in [0.25, 0.3) is 0 Å². The molecule has 2 N–H and O–H groups in total. The first-order valence-corrected chi connectivity index (χ1v) is 8.92. The molecule has 0 bridgehead atoms. The number of hydroxylamine groups is 1. The number of hydrogen-bond donors (Lipinski definition) is 2. The lowest BCUT2D eigenvalue weighted by molar-refractivity contribution is 0.0271. The Labute approximate surface area is 157 Å². The second kappa shape index (κ2) is 7.67. The molecular formula is C17H15ClFIN2O2. The zero-order valence-corrected chi connectivity index (χ0v) is 15.5. The Morgan fingerprint density at radius 1 is 1.25 bits per heavy atom. The predicted octanol–water partition coefficient (Wildman–Crippen LogP) is 4.90. The van der Waals surface area contributed by atoms with Gasteiger partial charge in [-0.05, 0) is 77.7 Å². The lowest BCUT2D eigenvalue weighted by Crippen LogP contribution is -2.25. The maximum atomic E-state index is 13.6. The van der Waals surface area contributed by atoms with E-state index in [2.05, 4.69) is 33.4 Å². The second-order valence-corrected chi connectivity index (χ2v) is 7.28. The van der Waals surface area contributed by atoms with Gasteiger partial charge in [0.05, 0.1) is 28.6 Å². The van der Waals surface area contributed by atoms with Gasteiger partial charge in [0.1, 0.15) is 5.82 Å². The number of hydrogen-bond acceptors (Lipinski definition) is 3. The van der Waals surface area contributed by atoms with Crippen LogP contribution in [-0.2, 0) is 4.84 Å². The minimum Gasteiger partial charge on any atom is -0.354 e. The van der Waals surface area contributed by atoms with Crippen molar-refractivity contribution < 1.29 is 14.0 Å². The highest BCUT2D eigenvalue weighted by Gasteiger charge is 2.22. The molecule has 0 unspecified atom stereocenters. The summed E-state index contributed by atoms with van der Waals surface area (Å²) in [7, 11) is 0. The maximum Gasteiger partial charge on any atom is 0.276 e. The summed E-state index contributed by atoms with van der Waals surface area (Å²) in [5.74, 6) is -0.351. The topological polar surface area (TPSA) is 50.4 Å². The molecule has 2 aromatic carbocycles. The smallest absolute Gasteiger partial charge is 0.276 e. The van der Waals surface area contributed by atoms with E-state index >= 15 is 0 Å². The van der Waals surface area contributed by atoms with Crippen molar-refractivity contribution in [2.24, 2.45) is 5.92 Å². The summed E-state index contributed by atoms with van der Waals surface area (Å²) in [5, 5.41) is 3.50. The standard InChI is InChI=1S/C17H15ClFIN2O2/c18-14-8-12(20)4-6-15(14)21-16-7-11(19)3-5-13(16)17(23)22-24-9-10-1-2-10/h3-8,10,21H,1-2,9H2,(H,22,23). The number of nitrogens with one attached hydrogen (secondary N) is 2. The summed E-state index contributed by atoms with van der Waals surface area (Å²) in [6.45, 7) is 0.499. The first-order chi connectivity index (χ1) is 11.5. The van der Waals surface area contributed by atoms with E-state index < -0.39 is 11.7 Å². The fourth-order valence-electron chi connectivity index (χ4n) is 2.12. The van der Waals surface area contributed by atoms with Crippen molar-refractivity contribution >= 4 is 51.5 Å². The van der Waals surface area contributed by atoms with E-state index in [1.807, 2.05) is 6.07 Å². The summed E-state index contributed by atoms with van der Waals surface area (Å²) in [4.78, 5) is 17.5. The fourth-order valence-corrected chi connectivity index (χ4v) is 3.02. The number of halogens is 3. The van der Waals surface area contributed by atoms with E-state index in [1.165, 1.54) is 18.2 Å². The first-order valence-electron chi connectivity index (χ1n) is 7.46. The summed E-state index contributed by atoms with van der Waals surface area (Å²) in [6.07, 6.45) is 2.26. The van der Waals surface area contributed by atoms with Crippen molar-refractivity contribution in [3.63, 3.8) is 0 Å². The van der Waals surface area contributed by atoms with Crippen molar-refractivity contribution in [3.05, 3.63) is 56.4 Å². The molecule has 0 radical (unpaired) electrons. The largest absolute Gasteiger partial charge is 0.354 e. The molecule has 0 aliphatic heterocycles. The van der Waals surface area contributed by atoms with Crippen molar-refractivity contribution in [3.8, 4) is 0 Å². The molecule has 126 valence electrons. The van der Waals surface area contributed by atoms with E-state index in [0.717, 1.165) is 16.4 Å². The van der Waals surface area contributed by atoms with E-state index in [0.29, 0.717) is 28.9 Å². The zero-order chi connectivity index (χ0) is 17.1. The summed E-state index contributed by atoms with van der Waals surface area (Å²) in [5.41, 5.74) is 3.60. The fraction of sp³-hybridized carbons (Fsp3) is 0.235. The maximum absolute atomic E-state index is 13.6. The average molecular weight is 461 g/mol. The lowest BCUT2D eigenvalue weighted by atomic mass is 10.1. The van der Waals surface area contributed by atoms with Gasteiger partial charge in [0.25, 0.3) is 5.91 Å². The zero-order valence-electron chi connectivity index (χ0n) is 12.6. The summed E-state index contributed by atoms with van der Waals surface area (Å²) in [6, 6.07) is 9.32. The highest BCUT2D eigenvalue weighted by atomic mass is 127. The molecule has 1 fully saturated rings. The highest BCUT2D eigenvalue weighted by molar-refractivity contribution is 14.1. The number of rotatable bonds is 6. The van der Waals surface area contributed by atoms with Gasteiger partial charge in [0.2, 0.25) is 0 Å². The Hall–Kier alpha value is -1.38. The minimum atomic E-state index is -0.449. The molecule has 3 rings (SSSR count). The molecule has 0 spiro atoms. The van der Waals surface area contributed by atoms with Crippen LogP contribution in [-0.4, -0.2) is 12.5 Å². The van der Waals surface area contributed by atoms with Crippen LogP contribution in [0.3, 0.4) is 0 Å². The molecule has 24 heavy (non-hydrogen) atoms. The molecule has 7 heteroatoms. The van der Waals surface area contributed by atoms with Gasteiger partial charge in [-0.25, -0.2) is 9.87 Å². The molecule has 4 nitrogen and oxygen atoms in total. The van der Waals surface area contributed by atoms with E-state index in [1.54, 1.807) is 12.1 Å². The first kappa shape index (κ1) is 17.4. The van der Waals surface area contributed by atoms with E-state index in [9.17, 15) is 9.18 Å². The average Bonchev–Trinajstić information content (AvgIpc) is 3.34. The third-order valence-electron chi connectivity index (χ3n) is 3.61. The number of carbonyl (C=O) groups excluding carboxylic acids is 1. The molecule has 2 aromatic rings. The SMILES string of the molecule is O=C(NOCC1CC1)c1ccc(F)cc1Nc1ccc(I)cc1Cl. The van der Waals surface area contributed by atoms with Gasteiger partial charge in [0.15, 0.2) is 0 Å². The van der Waals surface area contributed by atoms with Gasteiger partial charge in [-0.1, -0.05) is 11.6 Å². The summed E-state index contributed by atoms with van der Waals surface area (Å²) < 4.78 is 14.6. The molecule has 0 heterocycles. The van der Waals surface area contributed by atoms with E-state index in [4.69, 9.17) is 16.4 Å². The van der Waals surface area contributed by atoms with E-state index in [-0.39, 0.29) is 5.56 Å². The van der Waals surface area contributed by atoms with Crippen molar-refractivity contribution in [1.29, 1.82) is 0 Å². The quantitative estimate of drug-likeness (QED) is 0.476. The molecule has 1 amide bonds. The third kappa shape index (κ3) is 4.58. The molecule has 0 atom stereocenters. The number of benzene rings is 2. The van der Waals surface area contributed by atoms with Crippen LogP contribution >= 0.6 is 34.2 Å². The van der Waals surface area contributed by atoms with Crippen LogP contribution in [0, 0.1) is 15.3 Å². The predicted molar refractivity (Wildman–Crippen MR) is 100.0 cm³/mol. The normalized spacial score (nSPS) is 13.6. The Morgan fingerprint density at radius 3 is 2.75 bits per heavy atom. The number of anilines is 2. The van der Waals surface area contributed by atoms with Crippen LogP contribution in [0.15, 0.2) is 36.4 Å². The molecule has 0 aromatic heterocycles. The van der Waals surface area contributed by atoms with Gasteiger partial charge in [-0.15, -0.1) is 0 Å². The van der Waals surface area contributed by atoms with Crippen LogP contribution in [0.4, 0.5) is 15.8 Å². The molecular weight excluding hydrogens is 446 g/mol. The van der Waals surface area contributed by atoms with Gasteiger partial charge >= 0.3 is 0 Å². The minimum absolute atomic E-state index is 0.279. The monoisotopic (exact) mass is 460 g/mol. The number of carbonyl (C=O) groups is 1. The Morgan fingerprint density at radius 2 is 2.04 bits per heavy atom. The summed E-state index contributed by atoms with van der Waals surface area (Å²) >= 11 is 8.34.